The third-order valence-electron chi connectivity index (χ3n) is 5.21. The van der Waals surface area contributed by atoms with Gasteiger partial charge in [-0.2, -0.15) is 0 Å². The lowest BCUT2D eigenvalue weighted by atomic mass is 9.71. The van der Waals surface area contributed by atoms with Crippen molar-refractivity contribution in [1.82, 2.24) is 4.90 Å². The Morgan fingerprint density at radius 1 is 1.38 bits per heavy atom. The largest absolute Gasteiger partial charge is 0.329 e. The second kappa shape index (κ2) is 5.05. The van der Waals surface area contributed by atoms with E-state index in [1.807, 2.05) is 0 Å². The molecule has 0 aliphatic heterocycles. The summed E-state index contributed by atoms with van der Waals surface area (Å²) in [6.45, 7) is 10.1. The molecule has 0 amide bonds. The van der Waals surface area contributed by atoms with Crippen LogP contribution in [-0.4, -0.2) is 29.6 Å². The van der Waals surface area contributed by atoms with Crippen LogP contribution in [0, 0.1) is 5.92 Å². The molecule has 1 saturated carbocycles. The maximum atomic E-state index is 6.14. The van der Waals surface area contributed by atoms with Crippen LogP contribution in [0.4, 0.5) is 0 Å². The van der Waals surface area contributed by atoms with Crippen LogP contribution in [0.2, 0.25) is 0 Å². The van der Waals surface area contributed by atoms with Crippen molar-refractivity contribution < 1.29 is 0 Å². The van der Waals surface area contributed by atoms with Crippen molar-refractivity contribution in [2.75, 3.05) is 13.6 Å². The van der Waals surface area contributed by atoms with Gasteiger partial charge in [-0.05, 0) is 46.1 Å². The van der Waals surface area contributed by atoms with Gasteiger partial charge in [0.15, 0.2) is 0 Å². The normalized spacial score (nSPS) is 32.1. The maximum Gasteiger partial charge on any atom is 0.0359 e. The van der Waals surface area contributed by atoms with Crippen LogP contribution in [0.25, 0.3) is 0 Å². The minimum atomic E-state index is 0.234. The molecular weight excluding hydrogens is 196 g/mol. The molecule has 0 aromatic carbocycles. The van der Waals surface area contributed by atoms with Crippen molar-refractivity contribution in [2.24, 2.45) is 11.7 Å². The zero-order valence-electron chi connectivity index (χ0n) is 11.8. The van der Waals surface area contributed by atoms with Crippen LogP contribution in [0.15, 0.2) is 0 Å². The summed E-state index contributed by atoms with van der Waals surface area (Å²) in [4.78, 5) is 2.57. The van der Waals surface area contributed by atoms with E-state index >= 15 is 0 Å². The van der Waals surface area contributed by atoms with E-state index in [1.54, 1.807) is 0 Å². The molecule has 0 aromatic rings. The highest BCUT2D eigenvalue weighted by Gasteiger charge is 2.44. The fourth-order valence-electron chi connectivity index (χ4n) is 3.18. The first-order valence-corrected chi connectivity index (χ1v) is 6.84. The molecule has 96 valence electrons. The molecule has 2 heteroatoms. The molecule has 0 heterocycles. The van der Waals surface area contributed by atoms with Gasteiger partial charge in [-0.3, -0.25) is 4.90 Å². The van der Waals surface area contributed by atoms with E-state index in [2.05, 4.69) is 39.6 Å². The van der Waals surface area contributed by atoms with Crippen molar-refractivity contribution in [3.63, 3.8) is 0 Å². The smallest absolute Gasteiger partial charge is 0.0359 e. The zero-order valence-corrected chi connectivity index (χ0v) is 11.8. The van der Waals surface area contributed by atoms with Gasteiger partial charge >= 0.3 is 0 Å². The fourth-order valence-corrected chi connectivity index (χ4v) is 3.18. The summed E-state index contributed by atoms with van der Waals surface area (Å²) in [5.74, 6) is 0.724. The van der Waals surface area contributed by atoms with Crippen LogP contribution in [0.5, 0.6) is 0 Å². The predicted molar refractivity (Wildman–Crippen MR) is 71.6 cm³/mol. The monoisotopic (exact) mass is 226 g/mol. The summed E-state index contributed by atoms with van der Waals surface area (Å²) < 4.78 is 0. The summed E-state index contributed by atoms with van der Waals surface area (Å²) in [6.07, 6.45) is 6.50. The van der Waals surface area contributed by atoms with Crippen LogP contribution in [0.1, 0.15) is 59.8 Å². The van der Waals surface area contributed by atoms with Gasteiger partial charge < -0.3 is 5.73 Å². The number of rotatable bonds is 4. The van der Waals surface area contributed by atoms with Gasteiger partial charge in [0.25, 0.3) is 0 Å². The number of nitrogens with zero attached hydrogens (tertiary/aromatic N) is 1. The van der Waals surface area contributed by atoms with Gasteiger partial charge in [-0.15, -0.1) is 0 Å². The first-order chi connectivity index (χ1) is 7.40. The van der Waals surface area contributed by atoms with E-state index in [9.17, 15) is 0 Å². The molecular formula is C14H30N2. The van der Waals surface area contributed by atoms with E-state index < -0.39 is 0 Å². The van der Waals surface area contributed by atoms with Crippen molar-refractivity contribution in [2.45, 2.75) is 70.9 Å². The molecule has 2 unspecified atom stereocenters. The third kappa shape index (κ3) is 2.28. The minimum Gasteiger partial charge on any atom is -0.329 e. The molecule has 1 fully saturated rings. The highest BCUT2D eigenvalue weighted by atomic mass is 15.2. The molecule has 1 aliphatic rings. The molecule has 0 bridgehead atoms. The van der Waals surface area contributed by atoms with Crippen molar-refractivity contribution in [1.29, 1.82) is 0 Å². The van der Waals surface area contributed by atoms with Gasteiger partial charge in [-0.25, -0.2) is 0 Å². The molecule has 1 aliphatic carbocycles. The van der Waals surface area contributed by atoms with Crippen molar-refractivity contribution >= 4 is 0 Å². The second-order valence-corrected chi connectivity index (χ2v) is 6.18. The van der Waals surface area contributed by atoms with Crippen molar-refractivity contribution in [3.8, 4) is 0 Å². The Bertz CT molecular complexity index is 225. The first kappa shape index (κ1) is 14.0. The molecule has 0 aromatic heterocycles. The molecule has 2 N–H and O–H groups in total. The first-order valence-electron chi connectivity index (χ1n) is 6.84. The van der Waals surface area contributed by atoms with E-state index in [1.165, 1.54) is 32.1 Å². The Morgan fingerprint density at radius 2 is 2.00 bits per heavy atom. The lowest BCUT2D eigenvalue weighted by molar-refractivity contribution is -0.0340. The van der Waals surface area contributed by atoms with Crippen molar-refractivity contribution in [3.05, 3.63) is 0 Å². The van der Waals surface area contributed by atoms with Crippen LogP contribution < -0.4 is 5.73 Å². The lowest BCUT2D eigenvalue weighted by Crippen LogP contribution is -2.63. The molecule has 2 nitrogen and oxygen atoms in total. The Kier molecular flexibility index (Phi) is 4.42. The predicted octanol–water partition coefficient (Wildman–Crippen LogP) is 3.01. The summed E-state index contributed by atoms with van der Waals surface area (Å²) in [5.41, 5.74) is 6.63. The third-order valence-corrected chi connectivity index (χ3v) is 5.21. The van der Waals surface area contributed by atoms with Gasteiger partial charge in [0.2, 0.25) is 0 Å². The van der Waals surface area contributed by atoms with Crippen LogP contribution in [0.3, 0.4) is 0 Å². The number of likely N-dealkylation sites (N-methyl/N-ethyl adjacent to an activating group) is 1. The Labute approximate surface area is 102 Å². The van der Waals surface area contributed by atoms with E-state index in [4.69, 9.17) is 5.73 Å². The van der Waals surface area contributed by atoms with E-state index in [-0.39, 0.29) is 11.1 Å². The molecule has 16 heavy (non-hydrogen) atoms. The Balaban J connectivity index is 2.94. The Morgan fingerprint density at radius 3 is 2.44 bits per heavy atom. The molecule has 0 radical (unpaired) electrons. The maximum absolute atomic E-state index is 6.14. The number of nitrogens with two attached hydrogens (primary N) is 1. The van der Waals surface area contributed by atoms with Crippen LogP contribution in [-0.2, 0) is 0 Å². The molecule has 2 atom stereocenters. The summed E-state index contributed by atoms with van der Waals surface area (Å²) in [7, 11) is 2.28. The van der Waals surface area contributed by atoms with Gasteiger partial charge in [-0.1, -0.05) is 26.7 Å². The minimum absolute atomic E-state index is 0.234. The summed E-state index contributed by atoms with van der Waals surface area (Å²) in [6, 6.07) is 0. The molecule has 0 saturated heterocycles. The molecule has 1 rings (SSSR count). The van der Waals surface area contributed by atoms with E-state index in [0.29, 0.717) is 0 Å². The Hall–Kier alpha value is -0.0800. The quantitative estimate of drug-likeness (QED) is 0.798. The average molecular weight is 226 g/mol. The van der Waals surface area contributed by atoms with Gasteiger partial charge in [0.1, 0.15) is 0 Å². The topological polar surface area (TPSA) is 29.3 Å². The highest BCUT2D eigenvalue weighted by Crippen LogP contribution is 2.40. The lowest BCUT2D eigenvalue weighted by Gasteiger charge is -2.54. The summed E-state index contributed by atoms with van der Waals surface area (Å²) in [5, 5.41) is 0. The highest BCUT2D eigenvalue weighted by molar-refractivity contribution is 5.01. The fraction of sp³-hybridized carbons (Fsp3) is 1.00. The SMILES string of the molecule is CCC(C)(C)N(C)C1(CN)CCCCC1C. The standard InChI is InChI=1S/C14H30N2/c1-6-13(3,4)16(5)14(11-15)10-8-7-9-12(14)2/h12H,6-11,15H2,1-5H3. The van der Waals surface area contributed by atoms with Gasteiger partial charge in [0, 0.05) is 17.6 Å². The number of hydrogen-bond donors (Lipinski definition) is 1. The summed E-state index contributed by atoms with van der Waals surface area (Å²) >= 11 is 0. The second-order valence-electron chi connectivity index (χ2n) is 6.18. The van der Waals surface area contributed by atoms with Crippen LogP contribution >= 0.6 is 0 Å². The number of hydrogen-bond acceptors (Lipinski definition) is 2. The zero-order chi connectivity index (χ0) is 12.4. The van der Waals surface area contributed by atoms with Gasteiger partial charge in [0.05, 0.1) is 0 Å². The average Bonchev–Trinajstić information content (AvgIpc) is 2.29. The molecule has 0 spiro atoms. The van der Waals surface area contributed by atoms with E-state index in [0.717, 1.165) is 12.5 Å².